The van der Waals surface area contributed by atoms with Crippen LogP contribution in [0.25, 0.3) is 16.7 Å². The summed E-state index contributed by atoms with van der Waals surface area (Å²) < 4.78 is 0. The van der Waals surface area contributed by atoms with Crippen LogP contribution in [-0.4, -0.2) is 0 Å². The van der Waals surface area contributed by atoms with E-state index in [1.807, 2.05) is 66.7 Å². The Morgan fingerprint density at radius 2 is 1.44 bits per heavy atom. The average molecular weight is 230 g/mol. The van der Waals surface area contributed by atoms with Gasteiger partial charge in [-0.2, -0.15) is 10.5 Å². The molecule has 0 spiro atoms. The van der Waals surface area contributed by atoms with Crippen LogP contribution in [0.4, 0.5) is 0 Å². The first-order valence-electron chi connectivity index (χ1n) is 5.51. The number of nitriles is 2. The van der Waals surface area contributed by atoms with Crippen molar-refractivity contribution < 1.29 is 0 Å². The van der Waals surface area contributed by atoms with Crippen molar-refractivity contribution in [3.05, 3.63) is 66.2 Å². The van der Waals surface area contributed by atoms with Gasteiger partial charge >= 0.3 is 0 Å². The van der Waals surface area contributed by atoms with Crippen LogP contribution in [0, 0.1) is 22.7 Å². The smallest absolute Gasteiger partial charge is 0.101 e. The second-order valence-electron chi connectivity index (χ2n) is 3.74. The molecule has 0 radical (unpaired) electrons. The van der Waals surface area contributed by atoms with Gasteiger partial charge in [-0.05, 0) is 16.7 Å². The standard InChI is InChI=1S/C16H10N2/c17-11-10-16(12-18)15-8-6-14(7-9-15)13-4-2-1-3-5-13/h1-10H/b16-10+. The number of rotatable bonds is 2. The number of hydrogen-bond donors (Lipinski definition) is 0. The number of allylic oxidation sites excluding steroid dienone is 2. The third kappa shape index (κ3) is 2.45. The van der Waals surface area contributed by atoms with Crippen LogP contribution in [0.1, 0.15) is 5.56 Å². The summed E-state index contributed by atoms with van der Waals surface area (Å²) in [5, 5.41) is 17.5. The Morgan fingerprint density at radius 3 is 2.00 bits per heavy atom. The Balaban J connectivity index is 2.35. The fraction of sp³-hybridized carbons (Fsp3) is 0. The normalized spacial score (nSPS) is 10.4. The molecule has 0 amide bonds. The van der Waals surface area contributed by atoms with Gasteiger partial charge in [0.25, 0.3) is 0 Å². The second-order valence-corrected chi connectivity index (χ2v) is 3.74. The lowest BCUT2D eigenvalue weighted by Crippen LogP contribution is -1.82. The van der Waals surface area contributed by atoms with E-state index in [-0.39, 0.29) is 0 Å². The van der Waals surface area contributed by atoms with E-state index in [2.05, 4.69) is 0 Å². The van der Waals surface area contributed by atoms with E-state index in [4.69, 9.17) is 10.5 Å². The Labute approximate surface area is 106 Å². The first-order valence-corrected chi connectivity index (χ1v) is 5.51. The highest BCUT2D eigenvalue weighted by atomic mass is 14.3. The largest absolute Gasteiger partial charge is 0.193 e. The third-order valence-corrected chi connectivity index (χ3v) is 2.63. The lowest BCUT2D eigenvalue weighted by Gasteiger charge is -2.03. The first kappa shape index (κ1) is 11.6. The van der Waals surface area contributed by atoms with Crippen LogP contribution in [-0.2, 0) is 0 Å². The minimum absolute atomic E-state index is 0.386. The molecule has 0 fully saturated rings. The van der Waals surface area contributed by atoms with Crippen LogP contribution in [0.2, 0.25) is 0 Å². The molecular weight excluding hydrogens is 220 g/mol. The van der Waals surface area contributed by atoms with Crippen molar-refractivity contribution >= 4 is 5.57 Å². The van der Waals surface area contributed by atoms with Gasteiger partial charge in [0.1, 0.15) is 6.07 Å². The van der Waals surface area contributed by atoms with Gasteiger partial charge in [0.2, 0.25) is 0 Å². The summed E-state index contributed by atoms with van der Waals surface area (Å²) in [7, 11) is 0. The molecule has 0 atom stereocenters. The van der Waals surface area contributed by atoms with E-state index in [0.717, 1.165) is 16.7 Å². The van der Waals surface area contributed by atoms with E-state index in [1.165, 1.54) is 6.08 Å². The van der Waals surface area contributed by atoms with Gasteiger partial charge in [0, 0.05) is 6.08 Å². The van der Waals surface area contributed by atoms with Crippen LogP contribution in [0.3, 0.4) is 0 Å². The zero-order chi connectivity index (χ0) is 12.8. The molecule has 2 aromatic carbocycles. The van der Waals surface area contributed by atoms with E-state index in [1.54, 1.807) is 0 Å². The Kier molecular flexibility index (Phi) is 3.54. The summed E-state index contributed by atoms with van der Waals surface area (Å²) in [4.78, 5) is 0. The molecular formula is C16H10N2. The monoisotopic (exact) mass is 230 g/mol. The Bertz CT molecular complexity index is 638. The molecule has 2 nitrogen and oxygen atoms in total. The van der Waals surface area contributed by atoms with Gasteiger partial charge in [0.05, 0.1) is 11.6 Å². The highest BCUT2D eigenvalue weighted by Gasteiger charge is 2.01. The summed E-state index contributed by atoms with van der Waals surface area (Å²) in [6.07, 6.45) is 1.26. The molecule has 2 rings (SSSR count). The molecule has 0 aliphatic carbocycles. The molecule has 0 saturated heterocycles. The molecule has 2 heteroatoms. The maximum Gasteiger partial charge on any atom is 0.101 e. The van der Waals surface area contributed by atoms with Crippen molar-refractivity contribution in [2.75, 3.05) is 0 Å². The molecule has 18 heavy (non-hydrogen) atoms. The van der Waals surface area contributed by atoms with Crippen molar-refractivity contribution in [2.45, 2.75) is 0 Å². The molecule has 0 N–H and O–H groups in total. The van der Waals surface area contributed by atoms with Gasteiger partial charge in [-0.25, -0.2) is 0 Å². The first-order chi connectivity index (χ1) is 8.85. The van der Waals surface area contributed by atoms with E-state index in [9.17, 15) is 0 Å². The minimum Gasteiger partial charge on any atom is -0.193 e. The van der Waals surface area contributed by atoms with Crippen molar-refractivity contribution in [1.82, 2.24) is 0 Å². The molecule has 84 valence electrons. The number of hydrogen-bond acceptors (Lipinski definition) is 2. The van der Waals surface area contributed by atoms with Gasteiger partial charge in [-0.1, -0.05) is 54.6 Å². The zero-order valence-electron chi connectivity index (χ0n) is 9.67. The van der Waals surface area contributed by atoms with Crippen molar-refractivity contribution in [1.29, 1.82) is 10.5 Å². The van der Waals surface area contributed by atoms with Crippen LogP contribution in [0.5, 0.6) is 0 Å². The maximum atomic E-state index is 8.93. The molecule has 0 aliphatic rings. The molecule has 0 unspecified atom stereocenters. The molecule has 0 bridgehead atoms. The lowest BCUT2D eigenvalue weighted by molar-refractivity contribution is 1.50. The summed E-state index contributed by atoms with van der Waals surface area (Å²) >= 11 is 0. The van der Waals surface area contributed by atoms with E-state index < -0.39 is 0 Å². The predicted molar refractivity (Wildman–Crippen MR) is 71.1 cm³/mol. The summed E-state index contributed by atoms with van der Waals surface area (Å²) in [6.45, 7) is 0. The summed E-state index contributed by atoms with van der Waals surface area (Å²) in [5.41, 5.74) is 3.37. The van der Waals surface area contributed by atoms with E-state index >= 15 is 0 Å². The summed E-state index contributed by atoms with van der Waals surface area (Å²) in [5.74, 6) is 0. The third-order valence-electron chi connectivity index (χ3n) is 2.63. The lowest BCUT2D eigenvalue weighted by atomic mass is 10.0. The number of benzene rings is 2. The molecule has 0 aliphatic heterocycles. The molecule has 0 heterocycles. The van der Waals surface area contributed by atoms with E-state index in [0.29, 0.717) is 5.57 Å². The highest BCUT2D eigenvalue weighted by Crippen LogP contribution is 2.21. The van der Waals surface area contributed by atoms with Crippen LogP contribution >= 0.6 is 0 Å². The quantitative estimate of drug-likeness (QED) is 0.737. The highest BCUT2D eigenvalue weighted by molar-refractivity contribution is 5.79. The summed E-state index contributed by atoms with van der Waals surface area (Å²) in [6, 6.07) is 21.5. The average Bonchev–Trinajstić information content (AvgIpc) is 2.46. The van der Waals surface area contributed by atoms with Gasteiger partial charge in [-0.15, -0.1) is 0 Å². The van der Waals surface area contributed by atoms with Crippen molar-refractivity contribution in [2.24, 2.45) is 0 Å². The molecule has 0 saturated carbocycles. The number of nitrogens with zero attached hydrogens (tertiary/aromatic N) is 2. The van der Waals surface area contributed by atoms with Gasteiger partial charge < -0.3 is 0 Å². The van der Waals surface area contributed by atoms with Crippen LogP contribution < -0.4 is 0 Å². The predicted octanol–water partition coefficient (Wildman–Crippen LogP) is 3.78. The Hall–Kier alpha value is -2.84. The van der Waals surface area contributed by atoms with Crippen LogP contribution in [0.15, 0.2) is 60.7 Å². The fourth-order valence-electron chi connectivity index (χ4n) is 1.72. The fourth-order valence-corrected chi connectivity index (χ4v) is 1.72. The second kappa shape index (κ2) is 5.48. The van der Waals surface area contributed by atoms with Crippen molar-refractivity contribution in [3.63, 3.8) is 0 Å². The SMILES string of the molecule is N#C/C=C(\C#N)c1ccc(-c2ccccc2)cc1. The topological polar surface area (TPSA) is 47.6 Å². The van der Waals surface area contributed by atoms with Crippen molar-refractivity contribution in [3.8, 4) is 23.3 Å². The van der Waals surface area contributed by atoms with Gasteiger partial charge in [-0.3, -0.25) is 0 Å². The molecule has 0 aromatic heterocycles. The maximum absolute atomic E-state index is 8.93. The molecule has 2 aromatic rings. The van der Waals surface area contributed by atoms with Gasteiger partial charge in [0.15, 0.2) is 0 Å². The minimum atomic E-state index is 0.386. The zero-order valence-corrected chi connectivity index (χ0v) is 9.67. The Morgan fingerprint density at radius 1 is 0.833 bits per heavy atom.